The van der Waals surface area contributed by atoms with Crippen molar-refractivity contribution in [3.05, 3.63) is 58.5 Å². The molecule has 4 nitrogen and oxygen atoms in total. The molecule has 25 heavy (non-hydrogen) atoms. The highest BCUT2D eigenvalue weighted by molar-refractivity contribution is 8.27. The average Bonchev–Trinajstić information content (AvgIpc) is 2.90. The molecule has 0 aromatic heterocycles. The molecule has 1 amide bonds. The number of para-hydroxylation sites is 1. The molecule has 0 radical (unpaired) electrons. The van der Waals surface area contributed by atoms with Crippen LogP contribution in [0, 0.1) is 6.92 Å². The Kier molecular flexibility index (Phi) is 5.11. The molecule has 1 heterocycles. The van der Waals surface area contributed by atoms with E-state index in [9.17, 15) is 4.79 Å². The number of aryl methyl sites for hydroxylation is 1. The van der Waals surface area contributed by atoms with Crippen LogP contribution in [0.2, 0.25) is 0 Å². The van der Waals surface area contributed by atoms with Gasteiger partial charge < -0.3 is 9.47 Å². The lowest BCUT2D eigenvalue weighted by Gasteiger charge is -2.14. The molecule has 1 aliphatic rings. The molecule has 0 N–H and O–H groups in total. The van der Waals surface area contributed by atoms with Gasteiger partial charge in [-0.3, -0.25) is 9.69 Å². The SMILES string of the molecule is COc1cc(C)c(/C=C2\SC(=S)N(c3ccccc3)C2=O)cc1OC. The Morgan fingerprint density at radius 1 is 1.08 bits per heavy atom. The zero-order chi connectivity index (χ0) is 18.0. The second-order valence-electron chi connectivity index (χ2n) is 5.42. The number of carbonyl (C=O) groups is 1. The maximum atomic E-state index is 12.8. The predicted molar refractivity (Wildman–Crippen MR) is 106 cm³/mol. The van der Waals surface area contributed by atoms with Crippen LogP contribution in [0.25, 0.3) is 6.08 Å². The van der Waals surface area contributed by atoms with Crippen molar-refractivity contribution in [2.75, 3.05) is 19.1 Å². The number of ether oxygens (including phenoxy) is 2. The molecular formula is C19H17NO3S2. The highest BCUT2D eigenvalue weighted by Gasteiger charge is 2.33. The maximum absolute atomic E-state index is 12.8. The summed E-state index contributed by atoms with van der Waals surface area (Å²) < 4.78 is 11.2. The molecule has 0 spiro atoms. The molecule has 1 aliphatic heterocycles. The molecule has 128 valence electrons. The van der Waals surface area contributed by atoms with Crippen LogP contribution in [0.15, 0.2) is 47.4 Å². The third-order valence-corrected chi connectivity index (χ3v) is 5.17. The fourth-order valence-electron chi connectivity index (χ4n) is 2.56. The molecule has 0 saturated carbocycles. The van der Waals surface area contributed by atoms with Crippen LogP contribution >= 0.6 is 24.0 Å². The van der Waals surface area contributed by atoms with Gasteiger partial charge in [-0.2, -0.15) is 0 Å². The van der Waals surface area contributed by atoms with Crippen molar-refractivity contribution in [2.24, 2.45) is 0 Å². The average molecular weight is 371 g/mol. The summed E-state index contributed by atoms with van der Waals surface area (Å²) in [5.41, 5.74) is 2.66. The van der Waals surface area contributed by atoms with Crippen LogP contribution in [0.1, 0.15) is 11.1 Å². The zero-order valence-corrected chi connectivity index (χ0v) is 15.7. The first-order chi connectivity index (χ1) is 12.0. The minimum Gasteiger partial charge on any atom is -0.493 e. The van der Waals surface area contributed by atoms with E-state index in [1.165, 1.54) is 11.8 Å². The van der Waals surface area contributed by atoms with Crippen molar-refractivity contribution in [2.45, 2.75) is 6.92 Å². The second kappa shape index (κ2) is 7.29. The van der Waals surface area contributed by atoms with E-state index in [4.69, 9.17) is 21.7 Å². The van der Waals surface area contributed by atoms with E-state index >= 15 is 0 Å². The fourth-order valence-corrected chi connectivity index (χ4v) is 3.85. The van der Waals surface area contributed by atoms with Gasteiger partial charge in [0.15, 0.2) is 15.8 Å². The number of hydrogen-bond acceptors (Lipinski definition) is 5. The summed E-state index contributed by atoms with van der Waals surface area (Å²) in [6.45, 7) is 1.96. The Labute approximate surface area is 156 Å². The van der Waals surface area contributed by atoms with Gasteiger partial charge in [0.05, 0.1) is 24.8 Å². The van der Waals surface area contributed by atoms with Crippen molar-refractivity contribution in [1.29, 1.82) is 0 Å². The van der Waals surface area contributed by atoms with Crippen molar-refractivity contribution < 1.29 is 14.3 Å². The van der Waals surface area contributed by atoms with E-state index in [2.05, 4.69) is 0 Å². The van der Waals surface area contributed by atoms with E-state index in [0.29, 0.717) is 20.7 Å². The minimum absolute atomic E-state index is 0.115. The summed E-state index contributed by atoms with van der Waals surface area (Å²) in [6, 6.07) is 13.2. The zero-order valence-electron chi connectivity index (χ0n) is 14.1. The summed E-state index contributed by atoms with van der Waals surface area (Å²) in [5, 5.41) is 0. The Hall–Kier alpha value is -2.31. The van der Waals surface area contributed by atoms with Gasteiger partial charge in [-0.15, -0.1) is 0 Å². The van der Waals surface area contributed by atoms with Gasteiger partial charge in [-0.25, -0.2) is 0 Å². The molecule has 6 heteroatoms. The molecule has 0 bridgehead atoms. The van der Waals surface area contributed by atoms with Gasteiger partial charge in [0, 0.05) is 0 Å². The monoisotopic (exact) mass is 371 g/mol. The summed E-state index contributed by atoms with van der Waals surface area (Å²) >= 11 is 6.70. The van der Waals surface area contributed by atoms with E-state index in [1.54, 1.807) is 19.1 Å². The molecule has 0 atom stereocenters. The van der Waals surface area contributed by atoms with E-state index in [0.717, 1.165) is 16.8 Å². The van der Waals surface area contributed by atoms with Gasteiger partial charge in [-0.05, 0) is 48.4 Å². The number of carbonyl (C=O) groups excluding carboxylic acids is 1. The first-order valence-corrected chi connectivity index (χ1v) is 8.83. The third-order valence-electron chi connectivity index (χ3n) is 3.87. The van der Waals surface area contributed by atoms with Gasteiger partial charge >= 0.3 is 0 Å². The summed E-state index contributed by atoms with van der Waals surface area (Å²) in [6.07, 6.45) is 1.85. The normalized spacial score (nSPS) is 15.8. The smallest absolute Gasteiger partial charge is 0.270 e. The highest BCUT2D eigenvalue weighted by atomic mass is 32.2. The lowest BCUT2D eigenvalue weighted by Crippen LogP contribution is -2.27. The molecule has 0 aliphatic carbocycles. The molecule has 2 aromatic carbocycles. The number of amides is 1. The number of nitrogens with zero attached hydrogens (tertiary/aromatic N) is 1. The molecule has 3 rings (SSSR count). The Bertz CT molecular complexity index is 862. The van der Waals surface area contributed by atoms with Crippen molar-refractivity contribution in [3.63, 3.8) is 0 Å². The van der Waals surface area contributed by atoms with Crippen LogP contribution in [0.4, 0.5) is 5.69 Å². The number of hydrogen-bond donors (Lipinski definition) is 0. The second-order valence-corrected chi connectivity index (χ2v) is 7.09. The molecule has 1 fully saturated rings. The van der Waals surface area contributed by atoms with E-state index in [1.807, 2.05) is 55.5 Å². The first-order valence-electron chi connectivity index (χ1n) is 7.60. The third kappa shape index (κ3) is 3.41. The summed E-state index contributed by atoms with van der Waals surface area (Å²) in [5.74, 6) is 1.17. The van der Waals surface area contributed by atoms with Crippen LogP contribution in [-0.2, 0) is 4.79 Å². The number of rotatable bonds is 4. The van der Waals surface area contributed by atoms with Gasteiger partial charge in [0.1, 0.15) is 0 Å². The topological polar surface area (TPSA) is 38.8 Å². The van der Waals surface area contributed by atoms with E-state index < -0.39 is 0 Å². The van der Waals surface area contributed by atoms with Gasteiger partial charge in [-0.1, -0.05) is 42.2 Å². The minimum atomic E-state index is -0.115. The number of thioether (sulfide) groups is 1. The number of methoxy groups -OCH3 is 2. The fraction of sp³-hybridized carbons (Fsp3) is 0.158. The van der Waals surface area contributed by atoms with Crippen molar-refractivity contribution in [3.8, 4) is 11.5 Å². The molecule has 2 aromatic rings. The largest absolute Gasteiger partial charge is 0.493 e. The quantitative estimate of drug-likeness (QED) is 0.588. The molecule has 0 unspecified atom stereocenters. The Morgan fingerprint density at radius 2 is 1.72 bits per heavy atom. The van der Waals surface area contributed by atoms with Crippen molar-refractivity contribution in [1.82, 2.24) is 0 Å². The molecule has 1 saturated heterocycles. The standard InChI is InChI=1S/C19H17NO3S2/c1-12-9-15(22-2)16(23-3)10-13(12)11-17-18(21)20(19(24)25-17)14-7-5-4-6-8-14/h4-11H,1-3H3/b17-11-. The number of thiocarbonyl (C=S) groups is 1. The predicted octanol–water partition coefficient (Wildman–Crippen LogP) is 4.42. The Morgan fingerprint density at radius 3 is 2.36 bits per heavy atom. The lowest BCUT2D eigenvalue weighted by molar-refractivity contribution is -0.113. The van der Waals surface area contributed by atoms with Crippen molar-refractivity contribution >= 4 is 46.0 Å². The lowest BCUT2D eigenvalue weighted by atomic mass is 10.1. The van der Waals surface area contributed by atoms with Crippen LogP contribution in [0.3, 0.4) is 0 Å². The maximum Gasteiger partial charge on any atom is 0.270 e. The highest BCUT2D eigenvalue weighted by Crippen LogP contribution is 2.38. The van der Waals surface area contributed by atoms with Crippen LogP contribution in [-0.4, -0.2) is 24.4 Å². The van der Waals surface area contributed by atoms with Crippen LogP contribution in [0.5, 0.6) is 11.5 Å². The van der Waals surface area contributed by atoms with Crippen LogP contribution < -0.4 is 14.4 Å². The number of benzene rings is 2. The van der Waals surface area contributed by atoms with Gasteiger partial charge in [0.2, 0.25) is 0 Å². The molecular weight excluding hydrogens is 354 g/mol. The number of anilines is 1. The Balaban J connectivity index is 1.98. The summed E-state index contributed by atoms with van der Waals surface area (Å²) in [7, 11) is 3.19. The van der Waals surface area contributed by atoms with E-state index in [-0.39, 0.29) is 5.91 Å². The summed E-state index contributed by atoms with van der Waals surface area (Å²) in [4.78, 5) is 14.9. The first kappa shape index (κ1) is 17.5. The van der Waals surface area contributed by atoms with Gasteiger partial charge in [0.25, 0.3) is 5.91 Å².